The molecule has 0 aromatic heterocycles. The maximum atomic E-state index is 11.5. The Hall–Kier alpha value is -0.710. The second-order valence-electron chi connectivity index (χ2n) is 4.25. The minimum atomic E-state index is 0. The van der Waals surface area contributed by atoms with E-state index in [2.05, 4.69) is 24.4 Å². The molecular formula is C13H21ClN2OS. The van der Waals surface area contributed by atoms with Crippen molar-refractivity contribution in [2.75, 3.05) is 32.9 Å². The summed E-state index contributed by atoms with van der Waals surface area (Å²) in [5.74, 6) is 0.577. The Bertz CT molecular complexity index is 355. The van der Waals surface area contributed by atoms with Crippen molar-refractivity contribution in [2.45, 2.75) is 11.8 Å². The molecule has 1 amide bonds. The topological polar surface area (TPSA) is 32.3 Å². The van der Waals surface area contributed by atoms with E-state index in [1.807, 2.05) is 31.1 Å². The maximum Gasteiger partial charge on any atom is 0.230 e. The number of likely N-dealkylation sites (N-methyl/N-ethyl adjacent to an activating group) is 1. The van der Waals surface area contributed by atoms with Crippen molar-refractivity contribution in [3.05, 3.63) is 29.8 Å². The van der Waals surface area contributed by atoms with Gasteiger partial charge in [-0.2, -0.15) is 0 Å². The monoisotopic (exact) mass is 288 g/mol. The van der Waals surface area contributed by atoms with E-state index in [4.69, 9.17) is 0 Å². The zero-order valence-corrected chi connectivity index (χ0v) is 12.7. The fourth-order valence-corrected chi connectivity index (χ4v) is 1.98. The molecule has 1 N–H and O–H groups in total. The molecule has 1 aromatic rings. The first-order valence-electron chi connectivity index (χ1n) is 5.69. The summed E-state index contributed by atoms with van der Waals surface area (Å²) in [5, 5.41) is 2.89. The second-order valence-corrected chi connectivity index (χ2v) is 5.30. The highest BCUT2D eigenvalue weighted by Crippen LogP contribution is 2.17. The first-order valence-corrected chi connectivity index (χ1v) is 6.67. The van der Waals surface area contributed by atoms with Crippen LogP contribution in [0, 0.1) is 6.92 Å². The van der Waals surface area contributed by atoms with Gasteiger partial charge in [-0.1, -0.05) is 17.7 Å². The molecule has 102 valence electrons. The highest BCUT2D eigenvalue weighted by Gasteiger charge is 2.02. The molecule has 0 heterocycles. The van der Waals surface area contributed by atoms with E-state index in [-0.39, 0.29) is 18.3 Å². The van der Waals surface area contributed by atoms with Crippen LogP contribution in [0.2, 0.25) is 0 Å². The van der Waals surface area contributed by atoms with Crippen LogP contribution in [-0.2, 0) is 4.79 Å². The molecule has 0 saturated heterocycles. The van der Waals surface area contributed by atoms with Crippen molar-refractivity contribution < 1.29 is 4.79 Å². The third-order valence-electron chi connectivity index (χ3n) is 2.27. The van der Waals surface area contributed by atoms with Crippen molar-refractivity contribution in [1.29, 1.82) is 0 Å². The Labute approximate surface area is 120 Å². The number of rotatable bonds is 6. The Morgan fingerprint density at radius 3 is 2.44 bits per heavy atom. The van der Waals surface area contributed by atoms with Crippen molar-refractivity contribution in [3.63, 3.8) is 0 Å². The van der Waals surface area contributed by atoms with E-state index in [1.54, 1.807) is 11.8 Å². The van der Waals surface area contributed by atoms with Gasteiger partial charge in [0.05, 0.1) is 5.75 Å². The number of carbonyl (C=O) groups is 1. The zero-order valence-electron chi connectivity index (χ0n) is 11.1. The number of aryl methyl sites for hydroxylation is 1. The van der Waals surface area contributed by atoms with Gasteiger partial charge in [-0.15, -0.1) is 24.2 Å². The van der Waals surface area contributed by atoms with E-state index < -0.39 is 0 Å². The fraction of sp³-hybridized carbons (Fsp3) is 0.462. The summed E-state index contributed by atoms with van der Waals surface area (Å²) in [6.07, 6.45) is 0. The van der Waals surface area contributed by atoms with E-state index in [9.17, 15) is 4.79 Å². The van der Waals surface area contributed by atoms with Crippen LogP contribution in [0.25, 0.3) is 0 Å². The molecule has 0 spiro atoms. The summed E-state index contributed by atoms with van der Waals surface area (Å²) in [6, 6.07) is 8.22. The predicted octanol–water partition coefficient (Wildman–Crippen LogP) is 2.19. The number of hydrogen-bond donors (Lipinski definition) is 1. The van der Waals surface area contributed by atoms with E-state index in [0.717, 1.165) is 11.4 Å². The van der Waals surface area contributed by atoms with Gasteiger partial charge in [0, 0.05) is 18.0 Å². The number of thioether (sulfide) groups is 1. The SMILES string of the molecule is Cc1ccc(SCC(=O)NCCN(C)C)cc1.Cl. The minimum Gasteiger partial charge on any atom is -0.354 e. The van der Waals surface area contributed by atoms with Crippen molar-refractivity contribution >= 4 is 30.1 Å². The van der Waals surface area contributed by atoms with E-state index in [1.165, 1.54) is 5.56 Å². The van der Waals surface area contributed by atoms with E-state index >= 15 is 0 Å². The number of nitrogens with one attached hydrogen (secondary N) is 1. The van der Waals surface area contributed by atoms with Gasteiger partial charge in [0.1, 0.15) is 0 Å². The van der Waals surface area contributed by atoms with Crippen LogP contribution in [0.1, 0.15) is 5.56 Å². The van der Waals surface area contributed by atoms with Crippen LogP contribution in [0.15, 0.2) is 29.2 Å². The van der Waals surface area contributed by atoms with Crippen LogP contribution < -0.4 is 5.32 Å². The Kier molecular flexibility index (Phi) is 8.89. The lowest BCUT2D eigenvalue weighted by molar-refractivity contribution is -0.118. The van der Waals surface area contributed by atoms with Crippen LogP contribution in [-0.4, -0.2) is 43.7 Å². The molecule has 0 aliphatic heterocycles. The van der Waals surface area contributed by atoms with Crippen LogP contribution in [0.5, 0.6) is 0 Å². The molecule has 18 heavy (non-hydrogen) atoms. The minimum absolute atomic E-state index is 0. The molecule has 1 rings (SSSR count). The molecule has 5 heteroatoms. The number of hydrogen-bond acceptors (Lipinski definition) is 3. The van der Waals surface area contributed by atoms with Gasteiger partial charge in [0.25, 0.3) is 0 Å². The first-order chi connectivity index (χ1) is 8.08. The molecule has 3 nitrogen and oxygen atoms in total. The van der Waals surface area contributed by atoms with Gasteiger partial charge in [0.2, 0.25) is 5.91 Å². The van der Waals surface area contributed by atoms with Gasteiger partial charge in [0.15, 0.2) is 0 Å². The third kappa shape index (κ3) is 7.58. The van der Waals surface area contributed by atoms with Crippen LogP contribution >= 0.6 is 24.2 Å². The Morgan fingerprint density at radius 1 is 1.28 bits per heavy atom. The first kappa shape index (κ1) is 17.3. The Balaban J connectivity index is 0.00000289. The van der Waals surface area contributed by atoms with Gasteiger partial charge < -0.3 is 10.2 Å². The van der Waals surface area contributed by atoms with Crippen molar-refractivity contribution in [1.82, 2.24) is 10.2 Å². The number of benzene rings is 1. The quantitative estimate of drug-likeness (QED) is 0.815. The summed E-state index contributed by atoms with van der Waals surface area (Å²) in [6.45, 7) is 3.64. The van der Waals surface area contributed by atoms with Gasteiger partial charge in [-0.25, -0.2) is 0 Å². The molecular weight excluding hydrogens is 268 g/mol. The molecule has 0 fully saturated rings. The molecule has 0 radical (unpaired) electrons. The molecule has 0 aliphatic carbocycles. The zero-order chi connectivity index (χ0) is 12.7. The molecule has 0 unspecified atom stereocenters. The normalized spacial score (nSPS) is 10.0. The molecule has 0 atom stereocenters. The average molecular weight is 289 g/mol. The van der Waals surface area contributed by atoms with Crippen molar-refractivity contribution in [2.24, 2.45) is 0 Å². The summed E-state index contributed by atoms with van der Waals surface area (Å²) in [4.78, 5) is 14.7. The molecule has 0 saturated carbocycles. The summed E-state index contributed by atoms with van der Waals surface area (Å²) >= 11 is 1.57. The number of halogens is 1. The second kappa shape index (κ2) is 9.25. The number of nitrogens with zero attached hydrogens (tertiary/aromatic N) is 1. The van der Waals surface area contributed by atoms with Crippen LogP contribution in [0.4, 0.5) is 0 Å². The number of carbonyl (C=O) groups excluding carboxylic acids is 1. The molecule has 0 aliphatic rings. The third-order valence-corrected chi connectivity index (χ3v) is 3.28. The average Bonchev–Trinajstić information content (AvgIpc) is 2.28. The van der Waals surface area contributed by atoms with Gasteiger partial charge >= 0.3 is 0 Å². The summed E-state index contributed by atoms with van der Waals surface area (Å²) in [5.41, 5.74) is 1.24. The number of amides is 1. The predicted molar refractivity (Wildman–Crippen MR) is 80.7 cm³/mol. The highest BCUT2D eigenvalue weighted by atomic mass is 35.5. The lowest BCUT2D eigenvalue weighted by atomic mass is 10.2. The smallest absolute Gasteiger partial charge is 0.230 e. The summed E-state index contributed by atoms with van der Waals surface area (Å²) in [7, 11) is 3.99. The summed E-state index contributed by atoms with van der Waals surface area (Å²) < 4.78 is 0. The molecule has 0 bridgehead atoms. The van der Waals surface area contributed by atoms with Gasteiger partial charge in [-0.3, -0.25) is 4.79 Å². The highest BCUT2D eigenvalue weighted by molar-refractivity contribution is 8.00. The maximum absolute atomic E-state index is 11.5. The Morgan fingerprint density at radius 2 is 1.89 bits per heavy atom. The van der Waals surface area contributed by atoms with Crippen molar-refractivity contribution in [3.8, 4) is 0 Å². The fourth-order valence-electron chi connectivity index (χ4n) is 1.25. The largest absolute Gasteiger partial charge is 0.354 e. The lowest BCUT2D eigenvalue weighted by Crippen LogP contribution is -2.32. The lowest BCUT2D eigenvalue weighted by Gasteiger charge is -2.10. The standard InChI is InChI=1S/C13H20N2OS.ClH/c1-11-4-6-12(7-5-11)17-10-13(16)14-8-9-15(2)3;/h4-7H,8-10H2,1-3H3,(H,14,16);1H. The van der Waals surface area contributed by atoms with E-state index in [0.29, 0.717) is 12.3 Å². The van der Waals surface area contributed by atoms with Gasteiger partial charge in [-0.05, 0) is 33.2 Å². The van der Waals surface area contributed by atoms with Crippen LogP contribution in [0.3, 0.4) is 0 Å². The molecule has 1 aromatic carbocycles.